The van der Waals surface area contributed by atoms with Crippen LogP contribution in [-0.2, 0) is 4.79 Å². The zero-order valence-corrected chi connectivity index (χ0v) is 14.9. The van der Waals surface area contributed by atoms with E-state index >= 15 is 0 Å². The molecule has 1 atom stereocenters. The number of imide groups is 1. The second-order valence-corrected chi connectivity index (χ2v) is 6.95. The van der Waals surface area contributed by atoms with Gasteiger partial charge in [-0.25, -0.2) is 0 Å². The lowest BCUT2D eigenvalue weighted by Crippen LogP contribution is -2.36. The molecule has 0 unspecified atom stereocenters. The highest BCUT2D eigenvalue weighted by atomic mass is 35.5. The molecule has 0 radical (unpaired) electrons. The standard InChI is InChI=1S/C18H16ClNO3S/c1-3-11(2)20-17(21)16(24-18(20)22)10-14-8-9-15(23-14)12-4-6-13(19)7-5-12/h4-11H,3H2,1-2H3/b16-10+/t11-/m1/s1. The van der Waals surface area contributed by atoms with E-state index in [0.29, 0.717) is 21.4 Å². The summed E-state index contributed by atoms with van der Waals surface area (Å²) in [5.41, 5.74) is 0.895. The number of nitrogens with zero attached hydrogens (tertiary/aromatic N) is 1. The van der Waals surface area contributed by atoms with Gasteiger partial charge in [-0.1, -0.05) is 18.5 Å². The highest BCUT2D eigenvalue weighted by Crippen LogP contribution is 2.35. The summed E-state index contributed by atoms with van der Waals surface area (Å²) in [7, 11) is 0. The Morgan fingerprint density at radius 2 is 1.92 bits per heavy atom. The van der Waals surface area contributed by atoms with Crippen LogP contribution in [-0.4, -0.2) is 22.1 Å². The van der Waals surface area contributed by atoms with Crippen LogP contribution < -0.4 is 0 Å². The molecular formula is C18H16ClNO3S. The molecule has 2 aromatic rings. The van der Waals surface area contributed by atoms with Crippen molar-refractivity contribution in [2.75, 3.05) is 0 Å². The van der Waals surface area contributed by atoms with E-state index in [2.05, 4.69) is 0 Å². The second kappa shape index (κ2) is 6.87. The van der Waals surface area contributed by atoms with Gasteiger partial charge in [0.1, 0.15) is 11.5 Å². The lowest BCUT2D eigenvalue weighted by Gasteiger charge is -2.19. The quantitative estimate of drug-likeness (QED) is 0.681. The van der Waals surface area contributed by atoms with Gasteiger partial charge < -0.3 is 4.42 Å². The molecule has 24 heavy (non-hydrogen) atoms. The first-order valence-corrected chi connectivity index (χ1v) is 8.82. The first kappa shape index (κ1) is 16.9. The molecule has 4 nitrogen and oxygen atoms in total. The summed E-state index contributed by atoms with van der Waals surface area (Å²) in [6, 6.07) is 10.8. The van der Waals surface area contributed by atoms with Crippen LogP contribution in [0.15, 0.2) is 45.7 Å². The van der Waals surface area contributed by atoms with Crippen molar-refractivity contribution in [1.82, 2.24) is 4.90 Å². The van der Waals surface area contributed by atoms with Crippen molar-refractivity contribution in [1.29, 1.82) is 0 Å². The third kappa shape index (κ3) is 3.28. The van der Waals surface area contributed by atoms with E-state index in [1.54, 1.807) is 24.3 Å². The Balaban J connectivity index is 1.84. The molecule has 2 heterocycles. The molecule has 0 N–H and O–H groups in total. The van der Waals surface area contributed by atoms with Crippen molar-refractivity contribution in [3.05, 3.63) is 52.1 Å². The van der Waals surface area contributed by atoms with E-state index in [4.69, 9.17) is 16.0 Å². The zero-order chi connectivity index (χ0) is 17.3. The minimum Gasteiger partial charge on any atom is -0.457 e. The topological polar surface area (TPSA) is 50.5 Å². The first-order chi connectivity index (χ1) is 11.5. The Kier molecular flexibility index (Phi) is 4.83. The molecule has 0 saturated carbocycles. The first-order valence-electron chi connectivity index (χ1n) is 7.62. The minimum absolute atomic E-state index is 0.107. The van der Waals surface area contributed by atoms with E-state index < -0.39 is 0 Å². The highest BCUT2D eigenvalue weighted by molar-refractivity contribution is 8.18. The number of furan rings is 1. The number of halogens is 1. The van der Waals surface area contributed by atoms with Gasteiger partial charge in [0.05, 0.1) is 4.91 Å². The predicted molar refractivity (Wildman–Crippen MR) is 96.7 cm³/mol. The minimum atomic E-state index is -0.260. The summed E-state index contributed by atoms with van der Waals surface area (Å²) in [5, 5.41) is 0.425. The maximum absolute atomic E-state index is 12.4. The SMILES string of the molecule is CC[C@@H](C)N1C(=O)S/C(=C/c2ccc(-c3ccc(Cl)cc3)o2)C1=O. The van der Waals surface area contributed by atoms with Gasteiger partial charge in [-0.3, -0.25) is 14.5 Å². The molecule has 1 aliphatic heterocycles. The number of benzene rings is 1. The number of thioether (sulfide) groups is 1. The molecule has 6 heteroatoms. The van der Waals surface area contributed by atoms with E-state index in [1.165, 1.54) is 4.90 Å². The van der Waals surface area contributed by atoms with Crippen LogP contribution in [0.1, 0.15) is 26.0 Å². The van der Waals surface area contributed by atoms with Crippen LogP contribution in [0.5, 0.6) is 0 Å². The van der Waals surface area contributed by atoms with Gasteiger partial charge in [-0.15, -0.1) is 0 Å². The number of carbonyl (C=O) groups excluding carboxylic acids is 2. The molecule has 0 spiro atoms. The van der Waals surface area contributed by atoms with Gasteiger partial charge >= 0.3 is 0 Å². The number of amides is 2. The van der Waals surface area contributed by atoms with Crippen LogP contribution in [0.3, 0.4) is 0 Å². The van der Waals surface area contributed by atoms with Gasteiger partial charge in [0.2, 0.25) is 0 Å². The third-order valence-electron chi connectivity index (χ3n) is 3.88. The van der Waals surface area contributed by atoms with Crippen LogP contribution in [0, 0.1) is 0 Å². The molecular weight excluding hydrogens is 346 g/mol. The molecule has 2 amide bonds. The van der Waals surface area contributed by atoms with E-state index in [-0.39, 0.29) is 17.2 Å². The maximum atomic E-state index is 12.4. The molecule has 124 valence electrons. The normalized spacial score (nSPS) is 17.8. The summed E-state index contributed by atoms with van der Waals surface area (Å²) in [4.78, 5) is 26.1. The summed E-state index contributed by atoms with van der Waals surface area (Å²) < 4.78 is 5.76. The van der Waals surface area contributed by atoms with Crippen molar-refractivity contribution < 1.29 is 14.0 Å². The van der Waals surface area contributed by atoms with E-state index in [0.717, 1.165) is 23.7 Å². The Labute approximate surface area is 149 Å². The molecule has 1 saturated heterocycles. The summed E-state index contributed by atoms with van der Waals surface area (Å²) in [6.45, 7) is 3.81. The molecule has 1 aromatic carbocycles. The van der Waals surface area contributed by atoms with Gasteiger partial charge in [0.25, 0.3) is 11.1 Å². The van der Waals surface area contributed by atoms with E-state index in [1.807, 2.05) is 32.0 Å². The molecule has 0 bridgehead atoms. The van der Waals surface area contributed by atoms with Crippen LogP contribution >= 0.6 is 23.4 Å². The van der Waals surface area contributed by atoms with Crippen molar-refractivity contribution in [2.24, 2.45) is 0 Å². The average molecular weight is 362 g/mol. The Bertz CT molecular complexity index is 810. The lowest BCUT2D eigenvalue weighted by molar-refractivity contribution is -0.124. The fourth-order valence-electron chi connectivity index (χ4n) is 2.37. The Morgan fingerprint density at radius 1 is 1.21 bits per heavy atom. The number of rotatable bonds is 4. The Morgan fingerprint density at radius 3 is 2.58 bits per heavy atom. The largest absolute Gasteiger partial charge is 0.457 e. The molecule has 1 aromatic heterocycles. The molecule has 0 aliphatic carbocycles. The Hall–Kier alpha value is -1.98. The second-order valence-electron chi connectivity index (χ2n) is 5.52. The van der Waals surface area contributed by atoms with Crippen molar-refractivity contribution in [3.63, 3.8) is 0 Å². The molecule has 3 rings (SSSR count). The van der Waals surface area contributed by atoms with Gasteiger partial charge in [-0.05, 0) is 61.5 Å². The maximum Gasteiger partial charge on any atom is 0.293 e. The van der Waals surface area contributed by atoms with Crippen molar-refractivity contribution in [2.45, 2.75) is 26.3 Å². The average Bonchev–Trinajstić information content (AvgIpc) is 3.13. The highest BCUT2D eigenvalue weighted by Gasteiger charge is 2.37. The summed E-state index contributed by atoms with van der Waals surface area (Å²) in [6.07, 6.45) is 2.35. The summed E-state index contributed by atoms with van der Waals surface area (Å²) in [5.74, 6) is 0.956. The van der Waals surface area contributed by atoms with Crippen LogP contribution in [0.4, 0.5) is 4.79 Å². The van der Waals surface area contributed by atoms with Crippen LogP contribution in [0.2, 0.25) is 5.02 Å². The number of carbonyl (C=O) groups is 2. The zero-order valence-electron chi connectivity index (χ0n) is 13.3. The van der Waals surface area contributed by atoms with Crippen molar-refractivity contribution >= 4 is 40.6 Å². The third-order valence-corrected chi connectivity index (χ3v) is 5.02. The fraction of sp³-hybridized carbons (Fsp3) is 0.222. The monoisotopic (exact) mass is 361 g/mol. The fourth-order valence-corrected chi connectivity index (χ4v) is 3.41. The smallest absolute Gasteiger partial charge is 0.293 e. The number of hydrogen-bond acceptors (Lipinski definition) is 4. The van der Waals surface area contributed by atoms with Crippen LogP contribution in [0.25, 0.3) is 17.4 Å². The molecule has 1 fully saturated rings. The van der Waals surface area contributed by atoms with Gasteiger partial charge in [0, 0.05) is 22.7 Å². The van der Waals surface area contributed by atoms with Gasteiger partial charge in [-0.2, -0.15) is 0 Å². The van der Waals surface area contributed by atoms with Gasteiger partial charge in [0.15, 0.2) is 0 Å². The molecule has 1 aliphatic rings. The lowest BCUT2D eigenvalue weighted by atomic mass is 10.2. The summed E-state index contributed by atoms with van der Waals surface area (Å²) >= 11 is 6.83. The van der Waals surface area contributed by atoms with Crippen molar-refractivity contribution in [3.8, 4) is 11.3 Å². The van der Waals surface area contributed by atoms with E-state index in [9.17, 15) is 9.59 Å². The predicted octanol–water partition coefficient (Wildman–Crippen LogP) is 5.43. The number of hydrogen-bond donors (Lipinski definition) is 0.